The van der Waals surface area contributed by atoms with Gasteiger partial charge in [-0.1, -0.05) is 23.9 Å². The monoisotopic (exact) mass is 360 g/mol. The molecule has 0 unspecified atom stereocenters. The van der Waals surface area contributed by atoms with E-state index in [0.717, 1.165) is 16.5 Å². The van der Waals surface area contributed by atoms with Crippen molar-refractivity contribution in [1.82, 2.24) is 19.7 Å². The van der Waals surface area contributed by atoms with E-state index in [1.54, 1.807) is 24.1 Å². The number of carbonyl (C=O) groups is 1. The number of rotatable bonds is 7. The van der Waals surface area contributed by atoms with Crippen LogP contribution in [0.15, 0.2) is 29.4 Å². The summed E-state index contributed by atoms with van der Waals surface area (Å²) in [6.07, 6.45) is 4.77. The molecular formula is C18H21FN4OS. The Balaban J connectivity index is 1.36. The molecule has 2 aliphatic rings. The Morgan fingerprint density at radius 1 is 1.24 bits per heavy atom. The number of nitrogens with zero attached hydrogens (tertiary/aromatic N) is 4. The van der Waals surface area contributed by atoms with Gasteiger partial charge in [-0.3, -0.25) is 4.79 Å². The predicted molar refractivity (Wildman–Crippen MR) is 93.9 cm³/mol. The van der Waals surface area contributed by atoms with Crippen LogP contribution in [-0.4, -0.2) is 38.4 Å². The molecule has 0 spiro atoms. The van der Waals surface area contributed by atoms with Crippen LogP contribution in [0.3, 0.4) is 0 Å². The first-order valence-electron chi connectivity index (χ1n) is 8.68. The number of hydrogen-bond donors (Lipinski definition) is 0. The molecule has 2 saturated carbocycles. The highest BCUT2D eigenvalue weighted by Crippen LogP contribution is 2.45. The molecule has 0 saturated heterocycles. The number of aromatic nitrogens is 3. The first-order chi connectivity index (χ1) is 12.1. The molecule has 1 aromatic heterocycles. The molecule has 1 amide bonds. The van der Waals surface area contributed by atoms with Gasteiger partial charge in [-0.15, -0.1) is 10.2 Å². The van der Waals surface area contributed by atoms with E-state index >= 15 is 0 Å². The van der Waals surface area contributed by atoms with Crippen molar-refractivity contribution in [2.24, 2.45) is 0 Å². The van der Waals surface area contributed by atoms with Crippen LogP contribution >= 0.6 is 11.8 Å². The molecular weight excluding hydrogens is 339 g/mol. The lowest BCUT2D eigenvalue weighted by Crippen LogP contribution is -2.27. The highest BCUT2D eigenvalue weighted by molar-refractivity contribution is 7.99. The van der Waals surface area contributed by atoms with Crippen molar-refractivity contribution in [3.63, 3.8) is 0 Å². The van der Waals surface area contributed by atoms with Crippen LogP contribution in [0, 0.1) is 5.82 Å². The van der Waals surface area contributed by atoms with Crippen LogP contribution in [0.1, 0.15) is 49.0 Å². The van der Waals surface area contributed by atoms with Crippen molar-refractivity contribution in [2.75, 3.05) is 12.8 Å². The maximum absolute atomic E-state index is 13.0. The van der Waals surface area contributed by atoms with Crippen LogP contribution < -0.4 is 0 Å². The fraction of sp³-hybridized carbons (Fsp3) is 0.500. The summed E-state index contributed by atoms with van der Waals surface area (Å²) in [5, 5.41) is 9.57. The van der Waals surface area contributed by atoms with Crippen LogP contribution in [0.5, 0.6) is 0 Å². The van der Waals surface area contributed by atoms with Gasteiger partial charge in [0.1, 0.15) is 11.6 Å². The minimum absolute atomic E-state index is 0.0349. The van der Waals surface area contributed by atoms with Gasteiger partial charge >= 0.3 is 0 Å². The first-order valence-corrected chi connectivity index (χ1v) is 9.66. The number of hydrogen-bond acceptors (Lipinski definition) is 4. The fourth-order valence-corrected chi connectivity index (χ4v) is 3.82. The summed E-state index contributed by atoms with van der Waals surface area (Å²) >= 11 is 1.47. The normalized spacial score (nSPS) is 16.9. The molecule has 5 nitrogen and oxygen atoms in total. The van der Waals surface area contributed by atoms with Crippen molar-refractivity contribution in [2.45, 2.75) is 49.3 Å². The van der Waals surface area contributed by atoms with E-state index in [-0.39, 0.29) is 11.7 Å². The van der Waals surface area contributed by atoms with Gasteiger partial charge < -0.3 is 9.47 Å². The summed E-state index contributed by atoms with van der Waals surface area (Å²) in [6.45, 7) is 0.475. The lowest BCUT2D eigenvalue weighted by molar-refractivity contribution is -0.127. The standard InChI is InChI=1S/C18H21FN4OS/c1-22(10-12-2-6-14(19)7-3-12)16(24)11-25-18-21-20-17(13-4-5-13)23(18)15-8-9-15/h2-3,6-7,13,15H,4-5,8-11H2,1H3. The largest absolute Gasteiger partial charge is 0.341 e. The molecule has 2 aromatic rings. The van der Waals surface area contributed by atoms with Crippen LogP contribution in [0.4, 0.5) is 4.39 Å². The summed E-state index contributed by atoms with van der Waals surface area (Å²) in [7, 11) is 1.77. The van der Waals surface area contributed by atoms with Gasteiger partial charge in [-0.05, 0) is 43.4 Å². The molecule has 0 N–H and O–H groups in total. The Morgan fingerprint density at radius 2 is 1.96 bits per heavy atom. The Morgan fingerprint density at radius 3 is 2.60 bits per heavy atom. The number of halogens is 1. The zero-order chi connectivity index (χ0) is 17.4. The molecule has 1 heterocycles. The van der Waals surface area contributed by atoms with Crippen molar-refractivity contribution < 1.29 is 9.18 Å². The van der Waals surface area contributed by atoms with Crippen LogP contribution in [0.25, 0.3) is 0 Å². The van der Waals surface area contributed by atoms with Gasteiger partial charge in [-0.25, -0.2) is 4.39 Å². The van der Waals surface area contributed by atoms with E-state index in [1.165, 1.54) is 49.6 Å². The molecule has 1 aromatic carbocycles. The average molecular weight is 360 g/mol. The third-order valence-corrected chi connectivity index (χ3v) is 5.56. The maximum Gasteiger partial charge on any atom is 0.233 e. The van der Waals surface area contributed by atoms with Crippen molar-refractivity contribution >= 4 is 17.7 Å². The zero-order valence-corrected chi connectivity index (χ0v) is 15.0. The highest BCUT2D eigenvalue weighted by Gasteiger charge is 2.36. The molecule has 132 valence electrons. The van der Waals surface area contributed by atoms with Gasteiger partial charge in [0, 0.05) is 25.6 Å². The predicted octanol–water partition coefficient (Wildman–Crippen LogP) is 3.38. The van der Waals surface area contributed by atoms with E-state index < -0.39 is 0 Å². The second-order valence-corrected chi connectivity index (χ2v) is 7.82. The van der Waals surface area contributed by atoms with Crippen molar-refractivity contribution in [3.05, 3.63) is 41.5 Å². The van der Waals surface area contributed by atoms with E-state index in [1.807, 2.05) is 0 Å². The minimum Gasteiger partial charge on any atom is -0.341 e. The lowest BCUT2D eigenvalue weighted by atomic mass is 10.2. The highest BCUT2D eigenvalue weighted by atomic mass is 32.2. The number of amides is 1. The molecule has 0 aliphatic heterocycles. The van der Waals surface area contributed by atoms with E-state index in [9.17, 15) is 9.18 Å². The van der Waals surface area contributed by atoms with Gasteiger partial charge in [0.25, 0.3) is 0 Å². The quantitative estimate of drug-likeness (QED) is 0.710. The third-order valence-electron chi connectivity index (χ3n) is 4.63. The summed E-state index contributed by atoms with van der Waals surface area (Å²) in [4.78, 5) is 14.1. The lowest BCUT2D eigenvalue weighted by Gasteiger charge is -2.17. The minimum atomic E-state index is -0.265. The Labute approximate surface area is 150 Å². The third kappa shape index (κ3) is 3.86. The summed E-state index contributed by atoms with van der Waals surface area (Å²) in [5.41, 5.74) is 0.916. The van der Waals surface area contributed by atoms with Gasteiger partial charge in [0.15, 0.2) is 5.16 Å². The van der Waals surface area contributed by atoms with Crippen LogP contribution in [0.2, 0.25) is 0 Å². The second-order valence-electron chi connectivity index (χ2n) is 6.88. The smallest absolute Gasteiger partial charge is 0.233 e. The van der Waals surface area contributed by atoms with E-state index in [0.29, 0.717) is 24.3 Å². The molecule has 4 rings (SSSR count). The molecule has 0 bridgehead atoms. The molecule has 2 fully saturated rings. The molecule has 25 heavy (non-hydrogen) atoms. The Bertz CT molecular complexity index is 768. The second kappa shape index (κ2) is 6.78. The maximum atomic E-state index is 13.0. The zero-order valence-electron chi connectivity index (χ0n) is 14.2. The molecule has 2 aliphatic carbocycles. The van der Waals surface area contributed by atoms with E-state index in [4.69, 9.17) is 0 Å². The van der Waals surface area contributed by atoms with Crippen LogP contribution in [-0.2, 0) is 11.3 Å². The molecule has 0 radical (unpaired) electrons. The molecule has 7 heteroatoms. The van der Waals surface area contributed by atoms with Crippen molar-refractivity contribution in [3.8, 4) is 0 Å². The van der Waals surface area contributed by atoms with Gasteiger partial charge in [-0.2, -0.15) is 0 Å². The summed E-state index contributed by atoms with van der Waals surface area (Å²) in [5.74, 6) is 1.79. The topological polar surface area (TPSA) is 51.0 Å². The van der Waals surface area contributed by atoms with E-state index in [2.05, 4.69) is 14.8 Å². The number of carbonyl (C=O) groups excluding carboxylic acids is 1. The number of benzene rings is 1. The Kier molecular flexibility index (Phi) is 4.50. The number of thioether (sulfide) groups is 1. The summed E-state index contributed by atoms with van der Waals surface area (Å²) in [6, 6.07) is 6.77. The van der Waals surface area contributed by atoms with Crippen molar-refractivity contribution in [1.29, 1.82) is 0 Å². The first kappa shape index (κ1) is 16.6. The summed E-state index contributed by atoms with van der Waals surface area (Å²) < 4.78 is 15.2. The van der Waals surface area contributed by atoms with Gasteiger partial charge in [0.2, 0.25) is 5.91 Å². The molecule has 0 atom stereocenters. The Hall–Kier alpha value is -1.89. The average Bonchev–Trinajstić information content (AvgIpc) is 3.53. The van der Waals surface area contributed by atoms with Gasteiger partial charge in [0.05, 0.1) is 5.75 Å². The SMILES string of the molecule is CN(Cc1ccc(F)cc1)C(=O)CSc1nnc(C2CC2)n1C1CC1. The fourth-order valence-electron chi connectivity index (χ4n) is 2.87.